The van der Waals surface area contributed by atoms with E-state index in [-0.39, 0.29) is 0 Å². The van der Waals surface area contributed by atoms with Gasteiger partial charge in [0.25, 0.3) is 0 Å². The zero-order chi connectivity index (χ0) is 11.4. The van der Waals surface area contributed by atoms with Crippen molar-refractivity contribution in [1.82, 2.24) is 0 Å². The van der Waals surface area contributed by atoms with Gasteiger partial charge in [0.1, 0.15) is 5.75 Å². The maximum atomic E-state index is 10.1. The van der Waals surface area contributed by atoms with Gasteiger partial charge in [-0.1, -0.05) is 50.3 Å². The number of phenolic OH excluding ortho intramolecular Hbond substituents is 1. The average Bonchev–Trinajstić information content (AvgIpc) is 2.23. The molecule has 0 atom stereocenters. The van der Waals surface area contributed by atoms with E-state index in [1.54, 1.807) is 0 Å². The number of phenols is 1. The van der Waals surface area contributed by atoms with Crippen LogP contribution in [0, 0.1) is 6.92 Å². The Kier molecular flexibility index (Phi) is 3.87. The van der Waals surface area contributed by atoms with Crippen LogP contribution in [0.5, 0.6) is 5.75 Å². The predicted molar refractivity (Wildman–Crippen MR) is 67.9 cm³/mol. The van der Waals surface area contributed by atoms with Gasteiger partial charge in [-0.15, -0.1) is 0 Å². The van der Waals surface area contributed by atoms with Crippen molar-refractivity contribution in [2.24, 2.45) is 0 Å². The summed E-state index contributed by atoms with van der Waals surface area (Å²) in [7, 11) is 0. The van der Waals surface area contributed by atoms with Gasteiger partial charge in [-0.2, -0.15) is 0 Å². The first-order chi connectivity index (χ1) is 7.79. The Morgan fingerprint density at radius 1 is 1.00 bits per heavy atom. The molecule has 2 rings (SSSR count). The fourth-order valence-corrected chi connectivity index (χ4v) is 2.78. The van der Waals surface area contributed by atoms with E-state index in [2.05, 4.69) is 12.1 Å². The molecule has 1 aliphatic rings. The molecule has 0 bridgehead atoms. The van der Waals surface area contributed by atoms with Gasteiger partial charge in [-0.25, -0.2) is 0 Å². The van der Waals surface area contributed by atoms with Crippen molar-refractivity contribution in [3.8, 4) is 5.75 Å². The lowest BCUT2D eigenvalue weighted by Gasteiger charge is -2.21. The van der Waals surface area contributed by atoms with E-state index in [0.29, 0.717) is 11.7 Å². The van der Waals surface area contributed by atoms with Crippen molar-refractivity contribution in [2.75, 3.05) is 0 Å². The average molecular weight is 218 g/mol. The van der Waals surface area contributed by atoms with Crippen molar-refractivity contribution < 1.29 is 5.11 Å². The Labute approximate surface area is 98.5 Å². The minimum Gasteiger partial charge on any atom is -0.507 e. The Hall–Kier alpha value is -0.980. The molecule has 0 heterocycles. The Bertz CT molecular complexity index is 335. The Morgan fingerprint density at radius 3 is 2.31 bits per heavy atom. The molecular weight excluding hydrogens is 196 g/mol. The number of aryl methyl sites for hydroxylation is 1. The number of benzene rings is 1. The van der Waals surface area contributed by atoms with Crippen LogP contribution < -0.4 is 0 Å². The van der Waals surface area contributed by atoms with Gasteiger partial charge in [0.05, 0.1) is 0 Å². The first-order valence-corrected chi connectivity index (χ1v) is 6.57. The van der Waals surface area contributed by atoms with Crippen LogP contribution in [0.15, 0.2) is 18.2 Å². The maximum Gasteiger partial charge on any atom is 0.121 e. The topological polar surface area (TPSA) is 20.2 Å². The summed E-state index contributed by atoms with van der Waals surface area (Å²) >= 11 is 0. The molecule has 88 valence electrons. The van der Waals surface area contributed by atoms with E-state index in [0.717, 1.165) is 5.56 Å². The van der Waals surface area contributed by atoms with Crippen molar-refractivity contribution >= 4 is 0 Å². The third-order valence-electron chi connectivity index (χ3n) is 3.81. The molecule has 0 spiro atoms. The molecule has 0 aromatic heterocycles. The van der Waals surface area contributed by atoms with Gasteiger partial charge in [0.15, 0.2) is 0 Å². The van der Waals surface area contributed by atoms with Crippen LogP contribution >= 0.6 is 0 Å². The van der Waals surface area contributed by atoms with Gasteiger partial charge in [0.2, 0.25) is 0 Å². The fraction of sp³-hybridized carbons (Fsp3) is 0.600. The minimum atomic E-state index is 0.535. The molecule has 16 heavy (non-hydrogen) atoms. The van der Waals surface area contributed by atoms with Crippen LogP contribution in [-0.4, -0.2) is 5.11 Å². The number of hydrogen-bond acceptors (Lipinski definition) is 1. The lowest BCUT2D eigenvalue weighted by Crippen LogP contribution is -2.03. The molecule has 0 radical (unpaired) electrons. The van der Waals surface area contributed by atoms with Crippen LogP contribution in [0.4, 0.5) is 0 Å². The summed E-state index contributed by atoms with van der Waals surface area (Å²) in [6.45, 7) is 1.99. The second kappa shape index (κ2) is 5.38. The SMILES string of the molecule is Cc1cccc(C2CCCCCCC2)c1O. The monoisotopic (exact) mass is 218 g/mol. The molecule has 1 aliphatic carbocycles. The fourth-order valence-electron chi connectivity index (χ4n) is 2.78. The summed E-state index contributed by atoms with van der Waals surface area (Å²) in [6, 6.07) is 6.17. The lowest BCUT2D eigenvalue weighted by atomic mass is 9.85. The molecule has 1 fully saturated rings. The molecule has 1 N–H and O–H groups in total. The Balaban J connectivity index is 2.17. The van der Waals surface area contributed by atoms with Gasteiger partial charge in [-0.3, -0.25) is 0 Å². The molecule has 1 aromatic carbocycles. The van der Waals surface area contributed by atoms with Gasteiger partial charge in [-0.05, 0) is 36.8 Å². The quantitative estimate of drug-likeness (QED) is 0.734. The van der Waals surface area contributed by atoms with Crippen molar-refractivity contribution in [2.45, 2.75) is 57.8 Å². The van der Waals surface area contributed by atoms with E-state index >= 15 is 0 Å². The summed E-state index contributed by atoms with van der Waals surface area (Å²) in [5.74, 6) is 1.12. The van der Waals surface area contributed by atoms with Crippen LogP contribution in [0.2, 0.25) is 0 Å². The van der Waals surface area contributed by atoms with E-state index in [9.17, 15) is 5.11 Å². The highest BCUT2D eigenvalue weighted by molar-refractivity contribution is 5.41. The predicted octanol–water partition coefficient (Wildman–Crippen LogP) is 4.53. The first kappa shape index (κ1) is 11.5. The largest absolute Gasteiger partial charge is 0.507 e. The van der Waals surface area contributed by atoms with Crippen LogP contribution in [0.1, 0.15) is 62.0 Å². The Morgan fingerprint density at radius 2 is 1.62 bits per heavy atom. The zero-order valence-corrected chi connectivity index (χ0v) is 10.2. The van der Waals surface area contributed by atoms with Gasteiger partial charge < -0.3 is 5.11 Å². The van der Waals surface area contributed by atoms with E-state index in [1.165, 1.54) is 50.5 Å². The lowest BCUT2D eigenvalue weighted by molar-refractivity contribution is 0.422. The second-order valence-corrected chi connectivity index (χ2v) is 5.05. The molecule has 1 aromatic rings. The molecule has 0 aliphatic heterocycles. The highest BCUT2D eigenvalue weighted by Gasteiger charge is 2.17. The third kappa shape index (κ3) is 2.58. The van der Waals surface area contributed by atoms with Crippen molar-refractivity contribution in [3.63, 3.8) is 0 Å². The van der Waals surface area contributed by atoms with Crippen LogP contribution in [0.25, 0.3) is 0 Å². The van der Waals surface area contributed by atoms with E-state index in [1.807, 2.05) is 13.0 Å². The van der Waals surface area contributed by atoms with Crippen molar-refractivity contribution in [3.05, 3.63) is 29.3 Å². The van der Waals surface area contributed by atoms with Crippen LogP contribution in [0.3, 0.4) is 0 Å². The van der Waals surface area contributed by atoms with E-state index < -0.39 is 0 Å². The third-order valence-corrected chi connectivity index (χ3v) is 3.81. The van der Waals surface area contributed by atoms with Crippen molar-refractivity contribution in [1.29, 1.82) is 0 Å². The molecule has 0 unspecified atom stereocenters. The molecule has 0 amide bonds. The first-order valence-electron chi connectivity index (χ1n) is 6.57. The normalized spacial score (nSPS) is 19.1. The summed E-state index contributed by atoms with van der Waals surface area (Å²) in [6.07, 6.45) is 9.25. The summed E-state index contributed by atoms with van der Waals surface area (Å²) in [5.41, 5.74) is 2.20. The molecule has 1 heteroatoms. The zero-order valence-electron chi connectivity index (χ0n) is 10.2. The summed E-state index contributed by atoms with van der Waals surface area (Å²) in [5, 5.41) is 10.1. The minimum absolute atomic E-state index is 0.535. The molecular formula is C15H22O. The smallest absolute Gasteiger partial charge is 0.121 e. The van der Waals surface area contributed by atoms with Gasteiger partial charge in [0, 0.05) is 0 Å². The summed E-state index contributed by atoms with van der Waals surface area (Å²) in [4.78, 5) is 0. The number of rotatable bonds is 1. The van der Waals surface area contributed by atoms with Crippen LogP contribution in [-0.2, 0) is 0 Å². The number of aromatic hydroxyl groups is 1. The van der Waals surface area contributed by atoms with Gasteiger partial charge >= 0.3 is 0 Å². The highest BCUT2D eigenvalue weighted by atomic mass is 16.3. The second-order valence-electron chi connectivity index (χ2n) is 5.05. The van der Waals surface area contributed by atoms with E-state index in [4.69, 9.17) is 0 Å². The molecule has 0 saturated heterocycles. The molecule has 1 saturated carbocycles. The highest BCUT2D eigenvalue weighted by Crippen LogP contribution is 2.36. The number of hydrogen-bond donors (Lipinski definition) is 1. The molecule has 1 nitrogen and oxygen atoms in total. The maximum absolute atomic E-state index is 10.1. The standard InChI is InChI=1S/C15H22O/c1-12-8-7-11-14(15(12)16)13-9-5-3-2-4-6-10-13/h7-8,11,13,16H,2-6,9-10H2,1H3. The summed E-state index contributed by atoms with van der Waals surface area (Å²) < 4.78 is 0. The number of para-hydroxylation sites is 1.